The summed E-state index contributed by atoms with van der Waals surface area (Å²) in [6.07, 6.45) is 7.31. The average Bonchev–Trinajstić information content (AvgIpc) is 2.72. The van der Waals surface area contributed by atoms with Gasteiger partial charge < -0.3 is 10.1 Å². The summed E-state index contributed by atoms with van der Waals surface area (Å²) in [4.78, 5) is 0. The third-order valence-corrected chi connectivity index (χ3v) is 4.57. The predicted molar refractivity (Wildman–Crippen MR) is 72.2 cm³/mol. The van der Waals surface area contributed by atoms with Crippen molar-refractivity contribution >= 4 is 0 Å². The molecule has 2 atom stereocenters. The Bertz CT molecular complexity index is 250. The summed E-state index contributed by atoms with van der Waals surface area (Å²) < 4.78 is 5.94. The average molecular weight is 239 g/mol. The number of hydrogen-bond donors (Lipinski definition) is 1. The molecule has 2 saturated carbocycles. The lowest BCUT2D eigenvalue weighted by atomic mass is 9.60. The van der Waals surface area contributed by atoms with E-state index in [9.17, 15) is 0 Å². The van der Waals surface area contributed by atoms with Gasteiger partial charge in [0.2, 0.25) is 0 Å². The van der Waals surface area contributed by atoms with Gasteiger partial charge in [-0.25, -0.2) is 0 Å². The van der Waals surface area contributed by atoms with Crippen LogP contribution in [0.4, 0.5) is 0 Å². The minimum atomic E-state index is 0.385. The fraction of sp³-hybridized carbons (Fsp3) is 1.00. The monoisotopic (exact) mass is 239 g/mol. The first-order chi connectivity index (χ1) is 7.98. The molecule has 1 spiro atoms. The van der Waals surface area contributed by atoms with Crippen LogP contribution in [-0.4, -0.2) is 25.3 Å². The van der Waals surface area contributed by atoms with Crippen molar-refractivity contribution in [1.29, 1.82) is 0 Å². The maximum Gasteiger partial charge on any atom is 0.0661 e. The van der Waals surface area contributed by atoms with Gasteiger partial charge in [-0.05, 0) is 31.6 Å². The molecule has 0 aromatic heterocycles. The van der Waals surface area contributed by atoms with Gasteiger partial charge in [0.25, 0.3) is 0 Å². The number of hydrogen-bond acceptors (Lipinski definition) is 2. The third kappa shape index (κ3) is 2.68. The molecule has 0 aliphatic heterocycles. The Morgan fingerprint density at radius 1 is 1.24 bits per heavy atom. The first kappa shape index (κ1) is 13.4. The lowest BCUT2D eigenvalue weighted by Crippen LogP contribution is -2.63. The Morgan fingerprint density at radius 3 is 2.41 bits per heavy atom. The minimum Gasteiger partial charge on any atom is -0.378 e. The van der Waals surface area contributed by atoms with Gasteiger partial charge in [0.05, 0.1) is 6.10 Å². The minimum absolute atomic E-state index is 0.385. The zero-order valence-corrected chi connectivity index (χ0v) is 12.0. The Balaban J connectivity index is 1.91. The van der Waals surface area contributed by atoms with Crippen molar-refractivity contribution in [3.63, 3.8) is 0 Å². The number of ether oxygens (including phenoxy) is 1. The van der Waals surface area contributed by atoms with Gasteiger partial charge in [-0.1, -0.05) is 33.6 Å². The Kier molecular flexibility index (Phi) is 3.84. The quantitative estimate of drug-likeness (QED) is 0.812. The molecular formula is C15H29NO. The highest BCUT2D eigenvalue weighted by molar-refractivity contribution is 5.10. The zero-order chi connectivity index (χ0) is 12.5. The first-order valence-corrected chi connectivity index (χ1v) is 7.33. The fourth-order valence-corrected chi connectivity index (χ4v) is 3.60. The van der Waals surface area contributed by atoms with E-state index in [2.05, 4.69) is 33.0 Å². The summed E-state index contributed by atoms with van der Waals surface area (Å²) in [5.74, 6) is 0. The molecule has 1 N–H and O–H groups in total. The second-order valence-electron chi connectivity index (χ2n) is 7.11. The molecule has 0 aromatic rings. The van der Waals surface area contributed by atoms with Gasteiger partial charge in [0.1, 0.15) is 0 Å². The normalized spacial score (nSPS) is 31.8. The van der Waals surface area contributed by atoms with E-state index in [4.69, 9.17) is 4.74 Å². The van der Waals surface area contributed by atoms with Crippen LogP contribution in [0.5, 0.6) is 0 Å². The summed E-state index contributed by atoms with van der Waals surface area (Å²) in [5.41, 5.74) is 0.873. The van der Waals surface area contributed by atoms with Crippen molar-refractivity contribution in [2.75, 3.05) is 13.2 Å². The van der Waals surface area contributed by atoms with Gasteiger partial charge in [0, 0.05) is 24.6 Å². The van der Waals surface area contributed by atoms with Crippen LogP contribution in [0.15, 0.2) is 0 Å². The molecule has 2 aliphatic rings. The smallest absolute Gasteiger partial charge is 0.0661 e. The Morgan fingerprint density at radius 2 is 1.88 bits per heavy atom. The second kappa shape index (κ2) is 4.89. The topological polar surface area (TPSA) is 21.3 Å². The van der Waals surface area contributed by atoms with Crippen LogP contribution < -0.4 is 5.32 Å². The van der Waals surface area contributed by atoms with E-state index in [0.717, 1.165) is 13.2 Å². The summed E-state index contributed by atoms with van der Waals surface area (Å²) in [6, 6.07) is 0.709. The molecular weight excluding hydrogens is 210 g/mol. The van der Waals surface area contributed by atoms with Gasteiger partial charge >= 0.3 is 0 Å². The van der Waals surface area contributed by atoms with Crippen molar-refractivity contribution in [3.05, 3.63) is 0 Å². The SMILES string of the molecule is CCOC1CC(NCC(C)(C)C)C12CCCC2. The van der Waals surface area contributed by atoms with Crippen LogP contribution in [0.2, 0.25) is 0 Å². The van der Waals surface area contributed by atoms with Crippen LogP contribution in [0, 0.1) is 10.8 Å². The molecule has 2 unspecified atom stereocenters. The van der Waals surface area contributed by atoms with E-state index in [1.54, 1.807) is 0 Å². The van der Waals surface area contributed by atoms with Crippen LogP contribution in [-0.2, 0) is 4.74 Å². The van der Waals surface area contributed by atoms with Gasteiger partial charge in [0.15, 0.2) is 0 Å². The second-order valence-corrected chi connectivity index (χ2v) is 7.11. The van der Waals surface area contributed by atoms with Crippen LogP contribution in [0.3, 0.4) is 0 Å². The Hall–Kier alpha value is -0.0800. The molecule has 100 valence electrons. The van der Waals surface area contributed by atoms with Gasteiger partial charge in [-0.3, -0.25) is 0 Å². The zero-order valence-electron chi connectivity index (χ0n) is 12.0. The first-order valence-electron chi connectivity index (χ1n) is 7.33. The van der Waals surface area contributed by atoms with Crippen molar-refractivity contribution < 1.29 is 4.74 Å². The highest BCUT2D eigenvalue weighted by Crippen LogP contribution is 2.54. The lowest BCUT2D eigenvalue weighted by Gasteiger charge is -2.54. The van der Waals surface area contributed by atoms with Crippen LogP contribution in [0.1, 0.15) is 59.8 Å². The molecule has 2 rings (SSSR count). The predicted octanol–water partition coefficient (Wildman–Crippen LogP) is 3.36. The standard InChI is InChI=1S/C15H29NO/c1-5-17-13-10-12(16-11-14(2,3)4)15(13)8-6-7-9-15/h12-13,16H,5-11H2,1-4H3. The van der Waals surface area contributed by atoms with Crippen LogP contribution in [0.25, 0.3) is 0 Å². The summed E-state index contributed by atoms with van der Waals surface area (Å²) in [7, 11) is 0. The molecule has 2 heteroatoms. The van der Waals surface area contributed by atoms with Gasteiger partial charge in [-0.2, -0.15) is 0 Å². The van der Waals surface area contributed by atoms with E-state index in [0.29, 0.717) is 23.0 Å². The van der Waals surface area contributed by atoms with E-state index in [1.807, 2.05) is 0 Å². The molecule has 0 aromatic carbocycles. The lowest BCUT2D eigenvalue weighted by molar-refractivity contribution is -0.131. The summed E-state index contributed by atoms with van der Waals surface area (Å²) >= 11 is 0. The van der Waals surface area contributed by atoms with E-state index >= 15 is 0 Å². The molecule has 2 fully saturated rings. The number of rotatable bonds is 4. The van der Waals surface area contributed by atoms with E-state index in [-0.39, 0.29) is 0 Å². The molecule has 17 heavy (non-hydrogen) atoms. The fourth-order valence-electron chi connectivity index (χ4n) is 3.60. The Labute approximate surface area is 107 Å². The molecule has 0 saturated heterocycles. The molecule has 2 aliphatic carbocycles. The molecule has 0 heterocycles. The highest BCUT2D eigenvalue weighted by atomic mass is 16.5. The van der Waals surface area contributed by atoms with Crippen molar-refractivity contribution in [1.82, 2.24) is 5.32 Å². The molecule has 0 amide bonds. The third-order valence-electron chi connectivity index (χ3n) is 4.57. The van der Waals surface area contributed by atoms with E-state index in [1.165, 1.54) is 32.1 Å². The van der Waals surface area contributed by atoms with E-state index < -0.39 is 0 Å². The van der Waals surface area contributed by atoms with Crippen molar-refractivity contribution in [2.45, 2.75) is 71.9 Å². The summed E-state index contributed by atoms with van der Waals surface area (Å²) in [6.45, 7) is 11.0. The van der Waals surface area contributed by atoms with Crippen molar-refractivity contribution in [2.24, 2.45) is 10.8 Å². The van der Waals surface area contributed by atoms with Gasteiger partial charge in [-0.15, -0.1) is 0 Å². The molecule has 0 bridgehead atoms. The highest BCUT2D eigenvalue weighted by Gasteiger charge is 2.56. The maximum absolute atomic E-state index is 5.94. The molecule has 0 radical (unpaired) electrons. The largest absolute Gasteiger partial charge is 0.378 e. The maximum atomic E-state index is 5.94. The molecule has 2 nitrogen and oxygen atoms in total. The van der Waals surface area contributed by atoms with Crippen LogP contribution >= 0.6 is 0 Å². The number of nitrogens with one attached hydrogen (secondary N) is 1. The van der Waals surface area contributed by atoms with Crippen molar-refractivity contribution in [3.8, 4) is 0 Å². The summed E-state index contributed by atoms with van der Waals surface area (Å²) in [5, 5.41) is 3.80.